The van der Waals surface area contributed by atoms with Gasteiger partial charge in [-0.1, -0.05) is 165 Å². The van der Waals surface area contributed by atoms with Gasteiger partial charge in [0.05, 0.1) is 5.69 Å². The predicted octanol–water partition coefficient (Wildman–Crippen LogP) is 17.7. The van der Waals surface area contributed by atoms with Crippen molar-refractivity contribution in [2.75, 3.05) is 23.0 Å². The number of benzene rings is 9. The third-order valence-electron chi connectivity index (χ3n) is 16.5. The van der Waals surface area contributed by atoms with Gasteiger partial charge >= 0.3 is 0 Å². The highest BCUT2D eigenvalue weighted by Gasteiger charge is 2.45. The molecule has 0 saturated heterocycles. The van der Waals surface area contributed by atoms with E-state index in [0.29, 0.717) is 13.2 Å². The summed E-state index contributed by atoms with van der Waals surface area (Å²) >= 11 is 1.87. The zero-order valence-electron chi connectivity index (χ0n) is 46.7. The number of aryl methyl sites for hydroxylation is 3. The average molecular weight is 1020 g/mol. The van der Waals surface area contributed by atoms with Crippen LogP contribution in [0.5, 0.6) is 11.5 Å². The fourth-order valence-electron chi connectivity index (χ4n) is 12.4. The first kappa shape index (κ1) is 49.1. The Balaban J connectivity index is 1.10. The normalized spacial score (nSPS) is 14.0. The Morgan fingerprint density at radius 2 is 0.935 bits per heavy atom. The molecule has 13 rings (SSSR count). The molecule has 0 spiro atoms. The number of fused-ring (bicyclic) bond motifs is 8. The highest BCUT2D eigenvalue weighted by molar-refractivity contribution is 7.25. The molecule has 0 aliphatic carbocycles. The van der Waals surface area contributed by atoms with Gasteiger partial charge in [-0.05, 0) is 175 Å². The summed E-state index contributed by atoms with van der Waals surface area (Å²) in [5, 5.41) is 2.62. The fraction of sp³-hybridized carbons (Fsp3) is 0.239. The Labute approximate surface area is 460 Å². The van der Waals surface area contributed by atoms with Gasteiger partial charge in [-0.2, -0.15) is 0 Å². The summed E-state index contributed by atoms with van der Waals surface area (Å²) in [7, 11) is 0. The van der Waals surface area contributed by atoms with Crippen LogP contribution in [0.1, 0.15) is 95.7 Å². The fourth-order valence-corrected chi connectivity index (χ4v) is 13.6. The van der Waals surface area contributed by atoms with E-state index in [9.17, 15) is 0 Å². The average Bonchev–Trinajstić information content (AvgIpc) is 3.99. The van der Waals surface area contributed by atoms with Gasteiger partial charge < -0.3 is 19.3 Å². The lowest BCUT2D eigenvalue weighted by atomic mass is 9.33. The molecular weight excluding hydrogens is 956 g/mol. The number of hydrogen-bond donors (Lipinski definition) is 0. The lowest BCUT2D eigenvalue weighted by molar-refractivity contribution is 0.172. The first-order chi connectivity index (χ1) is 36.8. The van der Waals surface area contributed by atoms with Crippen molar-refractivity contribution in [2.45, 2.75) is 99.3 Å². The maximum absolute atomic E-state index is 6.50. The van der Waals surface area contributed by atoms with Crippen LogP contribution in [0.25, 0.3) is 53.6 Å². The molecule has 0 fully saturated rings. The molecule has 10 aromatic rings. The van der Waals surface area contributed by atoms with Crippen LogP contribution < -0.4 is 35.7 Å². The van der Waals surface area contributed by atoms with Crippen molar-refractivity contribution >= 4 is 88.7 Å². The summed E-state index contributed by atoms with van der Waals surface area (Å²) in [6, 6.07) is 63.1. The molecule has 0 bridgehead atoms. The number of ether oxygens (including phenoxy) is 2. The highest BCUT2D eigenvalue weighted by Crippen LogP contribution is 2.50. The Morgan fingerprint density at radius 3 is 1.55 bits per heavy atom. The van der Waals surface area contributed by atoms with Crippen molar-refractivity contribution in [1.82, 2.24) is 0 Å². The molecule has 77 heavy (non-hydrogen) atoms. The minimum absolute atomic E-state index is 0.00491. The second-order valence-corrected chi connectivity index (χ2v) is 26.2. The van der Waals surface area contributed by atoms with Crippen LogP contribution in [0.2, 0.25) is 0 Å². The first-order valence-electron chi connectivity index (χ1n) is 27.5. The van der Waals surface area contributed by atoms with Crippen LogP contribution in [0.15, 0.2) is 164 Å². The largest absolute Gasteiger partial charge is 0.486 e. The van der Waals surface area contributed by atoms with E-state index in [-0.39, 0.29) is 23.0 Å². The summed E-state index contributed by atoms with van der Waals surface area (Å²) < 4.78 is 15.6. The molecule has 3 aliphatic heterocycles. The van der Waals surface area contributed by atoms with Crippen molar-refractivity contribution in [3.8, 4) is 44.9 Å². The van der Waals surface area contributed by atoms with Gasteiger partial charge in [-0.3, -0.25) is 0 Å². The molecule has 0 unspecified atom stereocenters. The second kappa shape index (κ2) is 17.8. The van der Waals surface area contributed by atoms with Crippen LogP contribution in [0, 0.1) is 20.8 Å². The molecule has 0 saturated carbocycles. The third-order valence-corrected chi connectivity index (χ3v) is 17.6. The molecule has 3 aliphatic rings. The lowest BCUT2D eigenvalue weighted by Crippen LogP contribution is -2.61. The standard InChI is InChI=1S/C71H67BN2O2S/c1-42-31-61-67-62(32-42)74(68-43(2)33-53(34-44(68)3)71(10,11)12)60-41-64-63(75-29-30-76-64)40-58(60)72(67)57-28-22-47(48-21-27-56-55-15-13-14-16-65(55)77-66(56)39-48)38-59(57)73(61)54-36-49(45-17-23-51(24-18-45)69(4,5)6)35-50(37-54)46-19-25-52(26-20-46)70(7,8)9/h13-28,31-41H,29-30H2,1-12H3. The Hall–Kier alpha value is -7.54. The lowest BCUT2D eigenvalue weighted by Gasteiger charge is -2.45. The van der Waals surface area contributed by atoms with E-state index in [1.165, 1.54) is 126 Å². The van der Waals surface area contributed by atoms with Crippen LogP contribution in [0.4, 0.5) is 34.1 Å². The number of anilines is 6. The molecule has 4 nitrogen and oxygen atoms in total. The van der Waals surface area contributed by atoms with E-state index in [1.54, 1.807) is 0 Å². The number of nitrogens with zero attached hydrogens (tertiary/aromatic N) is 2. The van der Waals surface area contributed by atoms with Crippen molar-refractivity contribution in [3.63, 3.8) is 0 Å². The van der Waals surface area contributed by atoms with Gasteiger partial charge in [0.15, 0.2) is 11.5 Å². The maximum Gasteiger partial charge on any atom is 0.252 e. The number of hydrogen-bond acceptors (Lipinski definition) is 5. The topological polar surface area (TPSA) is 24.9 Å². The number of rotatable bonds is 5. The third kappa shape index (κ3) is 8.34. The molecule has 0 radical (unpaired) electrons. The molecule has 9 aromatic carbocycles. The molecule has 0 atom stereocenters. The van der Waals surface area contributed by atoms with Gasteiger partial charge in [0.2, 0.25) is 0 Å². The van der Waals surface area contributed by atoms with Crippen molar-refractivity contribution in [1.29, 1.82) is 0 Å². The first-order valence-corrected chi connectivity index (χ1v) is 28.3. The molecular formula is C71H67BN2O2S. The van der Waals surface area contributed by atoms with Gasteiger partial charge in [0.25, 0.3) is 6.71 Å². The van der Waals surface area contributed by atoms with E-state index in [1.807, 2.05) is 11.3 Å². The van der Waals surface area contributed by atoms with E-state index in [2.05, 4.69) is 257 Å². The summed E-state index contributed by atoms with van der Waals surface area (Å²) in [5.74, 6) is 1.59. The Morgan fingerprint density at radius 1 is 0.416 bits per heavy atom. The Kier molecular flexibility index (Phi) is 11.3. The SMILES string of the molecule is Cc1cc2c3c(c1)N(c1c(C)cc(C(C)(C)C)cc1C)c1cc4c(cc1B3c1ccc(-c3ccc5c(c3)sc3ccccc35)cc1N2c1cc(-c2ccc(C(C)(C)C)cc2)cc(-c2ccc(C(C)(C)C)cc2)c1)OCCO4. The van der Waals surface area contributed by atoms with E-state index in [0.717, 1.165) is 22.9 Å². The molecule has 4 heterocycles. The maximum atomic E-state index is 6.50. The summed E-state index contributed by atoms with van der Waals surface area (Å²) in [5.41, 5.74) is 25.5. The molecule has 0 amide bonds. The smallest absolute Gasteiger partial charge is 0.252 e. The van der Waals surface area contributed by atoms with Crippen molar-refractivity contribution in [2.24, 2.45) is 0 Å². The minimum atomic E-state index is -0.111. The summed E-state index contributed by atoms with van der Waals surface area (Å²) in [4.78, 5) is 5.16. The van der Waals surface area contributed by atoms with Crippen LogP contribution >= 0.6 is 11.3 Å². The zero-order valence-corrected chi connectivity index (χ0v) is 47.5. The van der Waals surface area contributed by atoms with Gasteiger partial charge in [-0.15, -0.1) is 11.3 Å². The summed E-state index contributed by atoms with van der Waals surface area (Å²) in [6.45, 7) is 28.4. The monoisotopic (exact) mass is 1020 g/mol. The van der Waals surface area contributed by atoms with Crippen molar-refractivity contribution in [3.05, 3.63) is 197 Å². The van der Waals surface area contributed by atoms with E-state index < -0.39 is 0 Å². The molecule has 0 N–H and O–H groups in total. The van der Waals surface area contributed by atoms with Crippen molar-refractivity contribution < 1.29 is 9.47 Å². The zero-order chi connectivity index (χ0) is 53.4. The van der Waals surface area contributed by atoms with Gasteiger partial charge in [0.1, 0.15) is 13.2 Å². The minimum Gasteiger partial charge on any atom is -0.486 e. The number of thiophene rings is 1. The van der Waals surface area contributed by atoms with Crippen LogP contribution in [0.3, 0.4) is 0 Å². The van der Waals surface area contributed by atoms with Gasteiger partial charge in [-0.25, -0.2) is 0 Å². The molecule has 382 valence electrons. The van der Waals surface area contributed by atoms with Crippen LogP contribution in [-0.4, -0.2) is 19.9 Å². The highest BCUT2D eigenvalue weighted by atomic mass is 32.1. The molecule has 6 heteroatoms. The summed E-state index contributed by atoms with van der Waals surface area (Å²) in [6.07, 6.45) is 0. The molecule has 1 aromatic heterocycles. The van der Waals surface area contributed by atoms with E-state index >= 15 is 0 Å². The van der Waals surface area contributed by atoms with Crippen LogP contribution in [-0.2, 0) is 16.2 Å². The van der Waals surface area contributed by atoms with E-state index in [4.69, 9.17) is 9.47 Å². The predicted molar refractivity (Wildman–Crippen MR) is 331 cm³/mol. The second-order valence-electron chi connectivity index (χ2n) is 25.1. The quantitative estimate of drug-likeness (QED) is 0.160. The Bertz CT molecular complexity index is 3930. The van der Waals surface area contributed by atoms with Gasteiger partial charge in [0, 0.05) is 54.7 Å².